The third kappa shape index (κ3) is 3.49. The Labute approximate surface area is 103 Å². The monoisotopic (exact) mass is 236 g/mol. The fraction of sp³-hybridized carbons (Fsp3) is 0.462. The van der Waals surface area contributed by atoms with Gasteiger partial charge in [-0.25, -0.2) is 0 Å². The van der Waals surface area contributed by atoms with Crippen LogP contribution in [0, 0.1) is 6.92 Å². The van der Waals surface area contributed by atoms with E-state index in [0.29, 0.717) is 11.0 Å². The summed E-state index contributed by atoms with van der Waals surface area (Å²) in [7, 11) is 0. The van der Waals surface area contributed by atoms with Crippen molar-refractivity contribution in [2.75, 3.05) is 11.9 Å². The van der Waals surface area contributed by atoms with Crippen LogP contribution in [0.3, 0.4) is 0 Å². The van der Waals surface area contributed by atoms with Gasteiger partial charge in [0, 0.05) is 12.2 Å². The van der Waals surface area contributed by atoms with E-state index in [4.69, 9.17) is 12.2 Å². The summed E-state index contributed by atoms with van der Waals surface area (Å²) in [6.45, 7) is 9.42. The molecule has 0 aliphatic carbocycles. The van der Waals surface area contributed by atoms with Gasteiger partial charge in [0.1, 0.15) is 0 Å². The van der Waals surface area contributed by atoms with E-state index < -0.39 is 0 Å². The molecule has 3 heteroatoms. The van der Waals surface area contributed by atoms with Crippen LogP contribution in [0.15, 0.2) is 18.2 Å². The van der Waals surface area contributed by atoms with Crippen LogP contribution in [0.25, 0.3) is 0 Å². The second kappa shape index (κ2) is 5.85. The van der Waals surface area contributed by atoms with Crippen LogP contribution in [-0.2, 0) is 0 Å². The third-order valence-electron chi connectivity index (χ3n) is 2.49. The maximum atomic E-state index is 5.14. The lowest BCUT2D eigenvalue weighted by atomic mass is 9.98. The Hall–Kier alpha value is -1.09. The number of anilines is 1. The van der Waals surface area contributed by atoms with E-state index in [1.165, 1.54) is 11.1 Å². The van der Waals surface area contributed by atoms with Crippen LogP contribution in [-0.4, -0.2) is 11.7 Å². The van der Waals surface area contributed by atoms with E-state index in [2.05, 4.69) is 49.6 Å². The molecule has 0 saturated carbocycles. The summed E-state index contributed by atoms with van der Waals surface area (Å²) in [5.74, 6) is 0.565. The molecule has 0 atom stereocenters. The lowest BCUT2D eigenvalue weighted by Crippen LogP contribution is -2.27. The average Bonchev–Trinajstić information content (AvgIpc) is 2.17. The first-order valence-electron chi connectivity index (χ1n) is 5.70. The molecule has 0 unspecified atom stereocenters. The minimum atomic E-state index is 0.565. The molecule has 0 aliphatic heterocycles. The minimum Gasteiger partial charge on any atom is -0.363 e. The Morgan fingerprint density at radius 2 is 2.06 bits per heavy atom. The second-order valence-electron chi connectivity index (χ2n) is 4.21. The lowest BCUT2D eigenvalue weighted by molar-refractivity contribution is 0.857. The number of nitrogens with one attached hydrogen (secondary N) is 2. The molecular formula is C13H20N2S. The number of hydrogen-bond donors (Lipinski definition) is 2. The van der Waals surface area contributed by atoms with Crippen LogP contribution in [0.2, 0.25) is 0 Å². The molecule has 0 heterocycles. The largest absolute Gasteiger partial charge is 0.363 e. The van der Waals surface area contributed by atoms with Gasteiger partial charge in [-0.15, -0.1) is 0 Å². The molecule has 0 saturated heterocycles. The highest BCUT2D eigenvalue weighted by Crippen LogP contribution is 2.22. The van der Waals surface area contributed by atoms with E-state index >= 15 is 0 Å². The molecule has 0 aromatic heterocycles. The number of benzene rings is 1. The van der Waals surface area contributed by atoms with Crippen molar-refractivity contribution in [1.82, 2.24) is 5.32 Å². The fourth-order valence-corrected chi connectivity index (χ4v) is 2.00. The summed E-state index contributed by atoms with van der Waals surface area (Å²) in [4.78, 5) is 0. The Balaban J connectivity index is 2.77. The standard InChI is InChI=1S/C13H20N2S/c1-5-14-13(16)15-11-6-7-12(9(2)3)10(4)8-11/h6-9H,5H2,1-4H3,(H2,14,15,16). The highest BCUT2D eigenvalue weighted by molar-refractivity contribution is 7.80. The van der Waals surface area contributed by atoms with E-state index in [0.717, 1.165) is 12.2 Å². The van der Waals surface area contributed by atoms with Crippen molar-refractivity contribution in [3.8, 4) is 0 Å². The molecule has 1 rings (SSSR count). The molecule has 2 nitrogen and oxygen atoms in total. The number of hydrogen-bond acceptors (Lipinski definition) is 1. The fourth-order valence-electron chi connectivity index (χ4n) is 1.74. The zero-order valence-electron chi connectivity index (χ0n) is 10.4. The molecule has 0 fully saturated rings. The second-order valence-corrected chi connectivity index (χ2v) is 4.62. The van der Waals surface area contributed by atoms with Crippen LogP contribution in [0.5, 0.6) is 0 Å². The van der Waals surface area contributed by atoms with Gasteiger partial charge in [-0.05, 0) is 55.2 Å². The van der Waals surface area contributed by atoms with Crippen molar-refractivity contribution in [2.24, 2.45) is 0 Å². The van der Waals surface area contributed by atoms with E-state index in [1.807, 2.05) is 6.92 Å². The Kier molecular flexibility index (Phi) is 4.74. The normalized spacial score (nSPS) is 10.3. The van der Waals surface area contributed by atoms with Crippen molar-refractivity contribution in [2.45, 2.75) is 33.6 Å². The summed E-state index contributed by atoms with van der Waals surface area (Å²) in [5.41, 5.74) is 3.74. The van der Waals surface area contributed by atoms with Crippen molar-refractivity contribution in [1.29, 1.82) is 0 Å². The van der Waals surface area contributed by atoms with E-state index in [9.17, 15) is 0 Å². The van der Waals surface area contributed by atoms with Crippen LogP contribution < -0.4 is 10.6 Å². The first-order chi connectivity index (χ1) is 7.54. The molecule has 0 radical (unpaired) electrons. The number of thiocarbonyl (C=S) groups is 1. The molecule has 0 spiro atoms. The van der Waals surface area contributed by atoms with Gasteiger partial charge in [-0.2, -0.15) is 0 Å². The van der Waals surface area contributed by atoms with Crippen molar-refractivity contribution in [3.63, 3.8) is 0 Å². The smallest absolute Gasteiger partial charge is 0.170 e. The molecule has 0 amide bonds. The van der Waals surface area contributed by atoms with Gasteiger partial charge >= 0.3 is 0 Å². The van der Waals surface area contributed by atoms with Crippen LogP contribution in [0.1, 0.15) is 37.8 Å². The van der Waals surface area contributed by atoms with Gasteiger partial charge in [0.2, 0.25) is 0 Å². The molecule has 2 N–H and O–H groups in total. The SMILES string of the molecule is CCNC(=S)Nc1ccc(C(C)C)c(C)c1. The van der Waals surface area contributed by atoms with E-state index in [1.54, 1.807) is 0 Å². The number of aryl methyl sites for hydroxylation is 1. The van der Waals surface area contributed by atoms with Gasteiger partial charge < -0.3 is 10.6 Å². The molecule has 88 valence electrons. The highest BCUT2D eigenvalue weighted by atomic mass is 32.1. The van der Waals surface area contributed by atoms with Gasteiger partial charge in [0.05, 0.1) is 0 Å². The molecule has 16 heavy (non-hydrogen) atoms. The summed E-state index contributed by atoms with van der Waals surface area (Å²) in [5, 5.41) is 6.92. The summed E-state index contributed by atoms with van der Waals surface area (Å²) < 4.78 is 0. The van der Waals surface area contributed by atoms with Crippen molar-refractivity contribution in [3.05, 3.63) is 29.3 Å². The predicted molar refractivity (Wildman–Crippen MR) is 75.2 cm³/mol. The molecule has 0 bridgehead atoms. The zero-order chi connectivity index (χ0) is 12.1. The molecule has 0 aliphatic rings. The van der Waals surface area contributed by atoms with Gasteiger partial charge in [0.15, 0.2) is 5.11 Å². The van der Waals surface area contributed by atoms with Gasteiger partial charge in [-0.1, -0.05) is 19.9 Å². The van der Waals surface area contributed by atoms with E-state index in [-0.39, 0.29) is 0 Å². The first-order valence-corrected chi connectivity index (χ1v) is 6.10. The Bertz CT molecular complexity index is 372. The first kappa shape index (κ1) is 13.0. The number of rotatable bonds is 3. The topological polar surface area (TPSA) is 24.1 Å². The highest BCUT2D eigenvalue weighted by Gasteiger charge is 2.04. The summed E-state index contributed by atoms with van der Waals surface area (Å²) in [6.07, 6.45) is 0. The average molecular weight is 236 g/mol. The maximum absolute atomic E-state index is 5.14. The van der Waals surface area contributed by atoms with Crippen LogP contribution in [0.4, 0.5) is 5.69 Å². The zero-order valence-corrected chi connectivity index (χ0v) is 11.2. The predicted octanol–water partition coefficient (Wildman–Crippen LogP) is 3.42. The maximum Gasteiger partial charge on any atom is 0.170 e. The Morgan fingerprint density at radius 1 is 1.38 bits per heavy atom. The molecule has 1 aromatic rings. The minimum absolute atomic E-state index is 0.565. The van der Waals surface area contributed by atoms with Gasteiger partial charge in [0.25, 0.3) is 0 Å². The molecular weight excluding hydrogens is 216 g/mol. The van der Waals surface area contributed by atoms with Crippen molar-refractivity contribution >= 4 is 23.0 Å². The van der Waals surface area contributed by atoms with Crippen molar-refractivity contribution < 1.29 is 0 Å². The third-order valence-corrected chi connectivity index (χ3v) is 2.73. The molecule has 1 aromatic carbocycles. The van der Waals surface area contributed by atoms with Gasteiger partial charge in [-0.3, -0.25) is 0 Å². The summed E-state index contributed by atoms with van der Waals surface area (Å²) >= 11 is 5.14. The quantitative estimate of drug-likeness (QED) is 0.786. The lowest BCUT2D eigenvalue weighted by Gasteiger charge is -2.13. The Morgan fingerprint density at radius 3 is 2.56 bits per heavy atom. The van der Waals surface area contributed by atoms with Crippen LogP contribution >= 0.6 is 12.2 Å². The summed E-state index contributed by atoms with van der Waals surface area (Å²) in [6, 6.07) is 6.38.